The number of aryl methyl sites for hydroxylation is 1. The van der Waals surface area contributed by atoms with Crippen LogP contribution in [0.1, 0.15) is 29.3 Å². The molecule has 17 heavy (non-hydrogen) atoms. The van der Waals surface area contributed by atoms with Gasteiger partial charge in [0.25, 0.3) is 5.91 Å². The van der Waals surface area contributed by atoms with Gasteiger partial charge in [0.2, 0.25) is 0 Å². The molecule has 2 nitrogen and oxygen atoms in total. The molecule has 94 valence electrons. The summed E-state index contributed by atoms with van der Waals surface area (Å²) in [6.07, 6.45) is 0.813. The molecule has 1 aromatic rings. The summed E-state index contributed by atoms with van der Waals surface area (Å²) in [5.41, 5.74) is 1.61. The zero-order valence-corrected chi connectivity index (χ0v) is 11.7. The Balaban J connectivity index is 2.82. The number of carbonyl (C=O) groups excluding carboxylic acids is 1. The van der Waals surface area contributed by atoms with Crippen molar-refractivity contribution < 1.29 is 4.79 Å². The van der Waals surface area contributed by atoms with Crippen molar-refractivity contribution in [2.24, 2.45) is 0 Å². The number of alkyl halides is 1. The van der Waals surface area contributed by atoms with Crippen LogP contribution in [0.15, 0.2) is 18.2 Å². The summed E-state index contributed by atoms with van der Waals surface area (Å²) < 4.78 is 0. The van der Waals surface area contributed by atoms with Gasteiger partial charge in [0, 0.05) is 29.6 Å². The zero-order valence-electron chi connectivity index (χ0n) is 10.2. The van der Waals surface area contributed by atoms with Crippen LogP contribution >= 0.6 is 23.2 Å². The Kier molecular flexibility index (Phi) is 5.79. The molecule has 0 radical (unpaired) electrons. The van der Waals surface area contributed by atoms with Crippen LogP contribution in [0, 0.1) is 6.92 Å². The van der Waals surface area contributed by atoms with Crippen molar-refractivity contribution in [3.63, 3.8) is 0 Å². The number of rotatable bonds is 5. The Hall–Kier alpha value is -0.730. The Bertz CT molecular complexity index is 393. The highest BCUT2D eigenvalue weighted by Crippen LogP contribution is 2.17. The van der Waals surface area contributed by atoms with Gasteiger partial charge in [-0.1, -0.05) is 11.6 Å². The molecule has 0 bridgehead atoms. The molecule has 0 fully saturated rings. The fraction of sp³-hybridized carbons (Fsp3) is 0.462. The van der Waals surface area contributed by atoms with Crippen LogP contribution in [0.5, 0.6) is 0 Å². The van der Waals surface area contributed by atoms with Crippen molar-refractivity contribution in [3.8, 4) is 0 Å². The van der Waals surface area contributed by atoms with Gasteiger partial charge in [-0.2, -0.15) is 0 Å². The van der Waals surface area contributed by atoms with Gasteiger partial charge in [-0.05, 0) is 44.0 Å². The summed E-state index contributed by atoms with van der Waals surface area (Å²) in [7, 11) is 0. The van der Waals surface area contributed by atoms with E-state index in [9.17, 15) is 4.79 Å². The summed E-state index contributed by atoms with van der Waals surface area (Å²) in [5.74, 6) is 0.612. The number of hydrogen-bond donors (Lipinski definition) is 0. The first-order valence-corrected chi connectivity index (χ1v) is 6.62. The van der Waals surface area contributed by atoms with Gasteiger partial charge in [-0.25, -0.2) is 0 Å². The number of halogens is 2. The molecule has 0 aliphatic carbocycles. The number of benzene rings is 1. The van der Waals surface area contributed by atoms with Crippen molar-refractivity contribution in [3.05, 3.63) is 34.3 Å². The summed E-state index contributed by atoms with van der Waals surface area (Å²) in [5, 5.41) is 0.686. The molecule has 0 heterocycles. The van der Waals surface area contributed by atoms with E-state index in [0.29, 0.717) is 29.6 Å². The minimum absolute atomic E-state index is 0.0392. The van der Waals surface area contributed by atoms with E-state index in [1.165, 1.54) is 0 Å². The lowest BCUT2D eigenvalue weighted by Crippen LogP contribution is -2.32. The van der Waals surface area contributed by atoms with Gasteiger partial charge in [0.15, 0.2) is 0 Å². The van der Waals surface area contributed by atoms with Crippen LogP contribution in [-0.2, 0) is 0 Å². The largest absolute Gasteiger partial charge is 0.339 e. The number of amides is 1. The first-order chi connectivity index (χ1) is 8.10. The molecule has 0 aliphatic rings. The standard InChI is InChI=1S/C13H17Cl2NO/c1-3-16(8-4-7-14)13(17)11-5-6-12(15)10(2)9-11/h5-6,9H,3-4,7-8H2,1-2H3. The number of carbonyl (C=O) groups is 1. The third kappa shape index (κ3) is 3.90. The van der Waals surface area contributed by atoms with Gasteiger partial charge in [0.1, 0.15) is 0 Å². The Labute approximate surface area is 113 Å². The fourth-order valence-electron chi connectivity index (χ4n) is 1.61. The average molecular weight is 274 g/mol. The van der Waals surface area contributed by atoms with Crippen LogP contribution in [0.4, 0.5) is 0 Å². The lowest BCUT2D eigenvalue weighted by molar-refractivity contribution is 0.0765. The fourth-order valence-corrected chi connectivity index (χ4v) is 1.85. The lowest BCUT2D eigenvalue weighted by Gasteiger charge is -2.20. The predicted molar refractivity (Wildman–Crippen MR) is 73.1 cm³/mol. The van der Waals surface area contributed by atoms with E-state index >= 15 is 0 Å². The van der Waals surface area contributed by atoms with Gasteiger partial charge in [-0.15, -0.1) is 11.6 Å². The maximum absolute atomic E-state index is 12.2. The predicted octanol–water partition coefficient (Wildman–Crippen LogP) is 3.74. The van der Waals surface area contributed by atoms with Gasteiger partial charge in [-0.3, -0.25) is 4.79 Å². The van der Waals surface area contributed by atoms with Crippen LogP contribution in [-0.4, -0.2) is 29.8 Å². The second kappa shape index (κ2) is 6.87. The maximum atomic E-state index is 12.2. The van der Waals surface area contributed by atoms with Crippen molar-refractivity contribution in [1.29, 1.82) is 0 Å². The van der Waals surface area contributed by atoms with Crippen molar-refractivity contribution >= 4 is 29.1 Å². The van der Waals surface area contributed by atoms with E-state index in [0.717, 1.165) is 12.0 Å². The molecular weight excluding hydrogens is 257 g/mol. The van der Waals surface area contributed by atoms with Crippen molar-refractivity contribution in [2.75, 3.05) is 19.0 Å². The van der Waals surface area contributed by atoms with Gasteiger partial charge < -0.3 is 4.90 Å². The van der Waals surface area contributed by atoms with Crippen LogP contribution < -0.4 is 0 Å². The van der Waals surface area contributed by atoms with E-state index in [2.05, 4.69) is 0 Å². The van der Waals surface area contributed by atoms with Crippen LogP contribution in [0.25, 0.3) is 0 Å². The van der Waals surface area contributed by atoms with E-state index < -0.39 is 0 Å². The summed E-state index contributed by atoms with van der Waals surface area (Å²) in [6.45, 7) is 5.25. The first-order valence-electron chi connectivity index (χ1n) is 5.71. The molecule has 0 saturated carbocycles. The van der Waals surface area contributed by atoms with E-state index in [-0.39, 0.29) is 5.91 Å². The highest BCUT2D eigenvalue weighted by molar-refractivity contribution is 6.31. The highest BCUT2D eigenvalue weighted by Gasteiger charge is 2.14. The molecule has 1 amide bonds. The lowest BCUT2D eigenvalue weighted by atomic mass is 10.1. The van der Waals surface area contributed by atoms with Crippen LogP contribution in [0.2, 0.25) is 5.02 Å². The Morgan fingerprint density at radius 1 is 1.41 bits per heavy atom. The zero-order chi connectivity index (χ0) is 12.8. The quantitative estimate of drug-likeness (QED) is 0.749. The Morgan fingerprint density at radius 2 is 2.12 bits per heavy atom. The summed E-state index contributed by atoms with van der Waals surface area (Å²) in [6, 6.07) is 5.36. The molecular formula is C13H17Cl2NO. The third-order valence-electron chi connectivity index (χ3n) is 2.64. The smallest absolute Gasteiger partial charge is 0.253 e. The van der Waals surface area contributed by atoms with E-state index in [1.54, 1.807) is 17.0 Å². The monoisotopic (exact) mass is 273 g/mol. The van der Waals surface area contributed by atoms with Crippen molar-refractivity contribution in [1.82, 2.24) is 4.90 Å². The molecule has 4 heteroatoms. The molecule has 0 spiro atoms. The molecule has 0 aliphatic heterocycles. The number of hydrogen-bond acceptors (Lipinski definition) is 1. The molecule has 1 rings (SSSR count). The Morgan fingerprint density at radius 3 is 2.65 bits per heavy atom. The topological polar surface area (TPSA) is 20.3 Å². The second-order valence-corrected chi connectivity index (χ2v) is 4.68. The van der Waals surface area contributed by atoms with E-state index in [1.807, 2.05) is 19.9 Å². The molecule has 0 saturated heterocycles. The summed E-state index contributed by atoms with van der Waals surface area (Å²) >= 11 is 11.6. The second-order valence-electron chi connectivity index (χ2n) is 3.89. The van der Waals surface area contributed by atoms with Crippen LogP contribution in [0.3, 0.4) is 0 Å². The van der Waals surface area contributed by atoms with Gasteiger partial charge >= 0.3 is 0 Å². The van der Waals surface area contributed by atoms with E-state index in [4.69, 9.17) is 23.2 Å². The molecule has 0 aromatic heterocycles. The molecule has 0 unspecified atom stereocenters. The summed E-state index contributed by atoms with van der Waals surface area (Å²) in [4.78, 5) is 14.0. The SMILES string of the molecule is CCN(CCCCl)C(=O)c1ccc(Cl)c(C)c1. The average Bonchev–Trinajstić information content (AvgIpc) is 2.33. The minimum Gasteiger partial charge on any atom is -0.339 e. The highest BCUT2D eigenvalue weighted by atomic mass is 35.5. The third-order valence-corrected chi connectivity index (χ3v) is 3.33. The molecule has 0 N–H and O–H groups in total. The van der Waals surface area contributed by atoms with Gasteiger partial charge in [0.05, 0.1) is 0 Å². The maximum Gasteiger partial charge on any atom is 0.253 e. The minimum atomic E-state index is 0.0392. The number of nitrogens with zero attached hydrogens (tertiary/aromatic N) is 1. The molecule has 0 atom stereocenters. The first kappa shape index (κ1) is 14.3. The van der Waals surface area contributed by atoms with Crippen molar-refractivity contribution in [2.45, 2.75) is 20.3 Å². The normalized spacial score (nSPS) is 10.4. The molecule has 1 aromatic carbocycles.